The van der Waals surface area contributed by atoms with E-state index in [4.69, 9.17) is 0 Å². The molecule has 0 N–H and O–H groups in total. The van der Waals surface area contributed by atoms with Crippen LogP contribution in [-0.2, 0) is 29.8 Å². The number of hydrogen-bond donors (Lipinski definition) is 0. The zero-order chi connectivity index (χ0) is 35.6. The van der Waals surface area contributed by atoms with Gasteiger partial charge in [-0.15, -0.1) is 69.1 Å². The second-order valence-corrected chi connectivity index (χ2v) is 24.4. The van der Waals surface area contributed by atoms with E-state index in [9.17, 15) is 0 Å². The SMILES string of the molecule is CCCC(C)c1cc2c(-c3ccc(C(C)C)cc3)cccc2[cH-]1.CCc1cc2c(-c3ccc(C4CCCCC4)cc3)cccc2[cH-]1.C[Si](C)=[Zr+2].[Cl-].[Cl-]. The first-order valence-electron chi connectivity index (χ1n) is 19.3. The number of aryl methyl sites for hydroxylation is 1. The largest absolute Gasteiger partial charge is 1.00 e. The molecule has 52 heavy (non-hydrogen) atoms. The summed E-state index contributed by atoms with van der Waals surface area (Å²) in [6.07, 6.45) is 10.6. The Morgan fingerprint density at radius 1 is 0.692 bits per heavy atom. The Morgan fingerprint density at radius 2 is 1.21 bits per heavy atom. The topological polar surface area (TPSA) is 0 Å². The maximum Gasteiger partial charge on any atom is -1.00 e. The van der Waals surface area contributed by atoms with Crippen LogP contribution in [0.4, 0.5) is 0 Å². The normalized spacial score (nSPS) is 13.3. The summed E-state index contributed by atoms with van der Waals surface area (Å²) in [6, 6.07) is 41.3. The molecule has 1 aliphatic carbocycles. The van der Waals surface area contributed by atoms with Crippen molar-refractivity contribution in [1.29, 1.82) is 0 Å². The molecule has 4 heteroatoms. The maximum absolute atomic E-state index is 2.40. The van der Waals surface area contributed by atoms with Crippen LogP contribution in [0.25, 0.3) is 43.8 Å². The molecule has 6 aromatic rings. The van der Waals surface area contributed by atoms with Gasteiger partial charge >= 0.3 is 41.9 Å². The molecule has 0 heterocycles. The van der Waals surface area contributed by atoms with Crippen molar-refractivity contribution in [3.05, 3.63) is 131 Å². The number of benzene rings is 4. The number of rotatable bonds is 8. The van der Waals surface area contributed by atoms with Crippen molar-refractivity contribution in [2.45, 2.75) is 117 Å². The quantitative estimate of drug-likeness (QED) is 0.106. The number of halogens is 2. The van der Waals surface area contributed by atoms with Gasteiger partial charge in [0.15, 0.2) is 0 Å². The molecule has 0 radical (unpaired) electrons. The van der Waals surface area contributed by atoms with Gasteiger partial charge in [0.05, 0.1) is 0 Å². The van der Waals surface area contributed by atoms with Gasteiger partial charge in [-0.1, -0.05) is 132 Å². The van der Waals surface area contributed by atoms with Crippen molar-refractivity contribution in [2.75, 3.05) is 0 Å². The van der Waals surface area contributed by atoms with E-state index in [1.165, 1.54) is 111 Å². The third-order valence-corrected chi connectivity index (χ3v) is 10.5. The van der Waals surface area contributed by atoms with Gasteiger partial charge in [-0.05, 0) is 65.7 Å². The summed E-state index contributed by atoms with van der Waals surface area (Å²) in [5.41, 5.74) is 11.5. The Balaban J connectivity index is 0.000000246. The second kappa shape index (κ2) is 21.6. The van der Waals surface area contributed by atoms with Crippen LogP contribution in [0.5, 0.6) is 0 Å². The Morgan fingerprint density at radius 3 is 1.73 bits per heavy atom. The zero-order valence-corrected chi connectivity index (χ0v) is 37.5. The van der Waals surface area contributed by atoms with Gasteiger partial charge in [0.2, 0.25) is 0 Å². The van der Waals surface area contributed by atoms with Crippen LogP contribution in [0.3, 0.4) is 0 Å². The van der Waals surface area contributed by atoms with Gasteiger partial charge in [0.1, 0.15) is 0 Å². The van der Waals surface area contributed by atoms with Crippen LogP contribution < -0.4 is 24.8 Å². The fourth-order valence-electron chi connectivity index (χ4n) is 7.56. The van der Waals surface area contributed by atoms with Crippen molar-refractivity contribution >= 4 is 27.0 Å². The molecule has 0 spiro atoms. The summed E-state index contributed by atoms with van der Waals surface area (Å²) >= 11 is 1.74. The Kier molecular flexibility index (Phi) is 18.4. The average molecular weight is 825 g/mol. The van der Waals surface area contributed by atoms with Crippen molar-refractivity contribution in [1.82, 2.24) is 0 Å². The van der Waals surface area contributed by atoms with E-state index in [-0.39, 0.29) is 30.2 Å². The van der Waals surface area contributed by atoms with Crippen molar-refractivity contribution < 1.29 is 48.1 Å². The number of hydrogen-bond acceptors (Lipinski definition) is 0. The molecule has 0 nitrogen and oxygen atoms in total. The van der Waals surface area contributed by atoms with E-state index in [1.807, 2.05) is 0 Å². The summed E-state index contributed by atoms with van der Waals surface area (Å²) in [4.78, 5) is 0. The van der Waals surface area contributed by atoms with E-state index >= 15 is 0 Å². The molecule has 0 aliphatic heterocycles. The van der Waals surface area contributed by atoms with E-state index in [1.54, 1.807) is 23.3 Å². The fraction of sp³-hybridized carbons (Fsp3) is 0.375. The van der Waals surface area contributed by atoms with E-state index < -0.39 is 0 Å². The maximum atomic E-state index is 2.40. The Bertz CT molecular complexity index is 1950. The van der Waals surface area contributed by atoms with Crippen LogP contribution >= 0.6 is 0 Å². The molecule has 6 aromatic carbocycles. The van der Waals surface area contributed by atoms with Gasteiger partial charge in [-0.25, -0.2) is 0 Å². The molecule has 0 aromatic heterocycles. The monoisotopic (exact) mass is 822 g/mol. The second-order valence-electron chi connectivity index (χ2n) is 15.0. The van der Waals surface area contributed by atoms with Gasteiger partial charge in [0.25, 0.3) is 0 Å². The molecule has 1 fully saturated rings. The Labute approximate surface area is 343 Å². The van der Waals surface area contributed by atoms with Crippen LogP contribution in [0.15, 0.2) is 109 Å². The molecule has 274 valence electrons. The minimum atomic E-state index is 0. The summed E-state index contributed by atoms with van der Waals surface area (Å²) in [6.45, 7) is 15.9. The first-order chi connectivity index (χ1) is 24.2. The summed E-state index contributed by atoms with van der Waals surface area (Å²) in [5, 5.41) is 5.53. The molecule has 1 aliphatic rings. The third kappa shape index (κ3) is 11.6. The molecule has 0 saturated heterocycles. The molecular weight excluding hydrogens is 767 g/mol. The summed E-state index contributed by atoms with van der Waals surface area (Å²) in [7, 11) is 0. The molecular formula is C48H58Cl2SiZr-2. The minimum Gasteiger partial charge on any atom is -1.00 e. The van der Waals surface area contributed by atoms with Crippen molar-refractivity contribution in [3.63, 3.8) is 0 Å². The first-order valence-corrected chi connectivity index (χ1v) is 25.5. The average Bonchev–Trinajstić information content (AvgIpc) is 3.77. The minimum absolute atomic E-state index is 0. The Hall–Kier alpha value is -2.22. The fourth-order valence-corrected chi connectivity index (χ4v) is 7.56. The molecule has 7 rings (SSSR count). The summed E-state index contributed by atoms with van der Waals surface area (Å²) in [5.74, 6) is 2.02. The van der Waals surface area contributed by atoms with Crippen molar-refractivity contribution in [3.8, 4) is 22.3 Å². The van der Waals surface area contributed by atoms with Crippen LogP contribution in [0.2, 0.25) is 13.1 Å². The van der Waals surface area contributed by atoms with Gasteiger partial charge in [-0.3, -0.25) is 0 Å². The predicted molar refractivity (Wildman–Crippen MR) is 220 cm³/mol. The zero-order valence-electron chi connectivity index (χ0n) is 32.5. The van der Waals surface area contributed by atoms with E-state index in [0.29, 0.717) is 11.8 Å². The van der Waals surface area contributed by atoms with Gasteiger partial charge in [-0.2, -0.15) is 12.1 Å². The first kappa shape index (κ1) is 44.2. The molecule has 1 atom stereocenters. The van der Waals surface area contributed by atoms with Gasteiger partial charge < -0.3 is 24.8 Å². The molecule has 0 amide bonds. The molecule has 1 saturated carbocycles. The smallest absolute Gasteiger partial charge is 1.00 e. The predicted octanol–water partition coefficient (Wildman–Crippen LogP) is 8.88. The van der Waals surface area contributed by atoms with Crippen LogP contribution in [-0.4, -0.2) is 5.43 Å². The van der Waals surface area contributed by atoms with E-state index in [2.05, 4.69) is 157 Å². The van der Waals surface area contributed by atoms with Crippen LogP contribution in [0.1, 0.15) is 120 Å². The summed E-state index contributed by atoms with van der Waals surface area (Å²) < 4.78 is 0. The molecule has 1 unspecified atom stereocenters. The van der Waals surface area contributed by atoms with Crippen LogP contribution in [0, 0.1) is 0 Å². The molecule has 0 bridgehead atoms. The standard InChI is InChI=1S/C23H25.C23H27.C2H6Si.2ClH.Zr/c1-2-17-15-21-9-6-10-22(23(21)16-17)20-13-11-19(12-14-20)18-7-4-3-5-8-18;1-5-7-17(4)21-14-20-8-6-9-22(23(20)15-21)19-12-10-18(11-13-19)16(2)3;1-3-2;;;/h6,9-16,18H,2-5,7-8H2,1H3;6,8-17H,5,7H2,1-4H3;1-2H3;2*1H;/q2*-1;;;;+2/p-2. The van der Waals surface area contributed by atoms with Gasteiger partial charge in [0, 0.05) is 0 Å². The number of fused-ring (bicyclic) bond motifs is 2. The third-order valence-electron chi connectivity index (χ3n) is 10.5. The van der Waals surface area contributed by atoms with Crippen molar-refractivity contribution in [2.24, 2.45) is 0 Å². The van der Waals surface area contributed by atoms with E-state index in [0.717, 1.165) is 12.3 Å².